The molecule has 0 amide bonds. The van der Waals surface area contributed by atoms with Crippen LogP contribution in [-0.4, -0.2) is 40.9 Å². The Morgan fingerprint density at radius 2 is 2.29 bits per heavy atom. The number of nitrogens with zero attached hydrogens (tertiary/aromatic N) is 3. The fourth-order valence-electron chi connectivity index (χ4n) is 1.90. The first-order valence-corrected chi connectivity index (χ1v) is 6.86. The number of hydrogen-bond donors (Lipinski definition) is 1. The van der Waals surface area contributed by atoms with Crippen LogP contribution in [0.25, 0.3) is 0 Å². The van der Waals surface area contributed by atoms with Gasteiger partial charge >= 0.3 is 0 Å². The molecule has 21 heavy (non-hydrogen) atoms. The van der Waals surface area contributed by atoms with Crippen LogP contribution in [0, 0.1) is 0 Å². The first-order chi connectivity index (χ1) is 10.3. The molecular formula is C14H18N4O3. The normalized spacial score (nSPS) is 14.9. The van der Waals surface area contributed by atoms with Crippen molar-refractivity contribution < 1.29 is 14.2 Å². The van der Waals surface area contributed by atoms with Crippen molar-refractivity contribution in [2.45, 2.75) is 19.3 Å². The second-order valence-electron chi connectivity index (χ2n) is 4.86. The third-order valence-corrected chi connectivity index (χ3v) is 3.11. The Hall–Kier alpha value is -2.12. The monoisotopic (exact) mass is 290 g/mol. The smallest absolute Gasteiger partial charge is 0.134 e. The molecule has 0 atom stereocenters. The van der Waals surface area contributed by atoms with E-state index in [0.717, 1.165) is 11.4 Å². The molecule has 2 aromatic rings. The summed E-state index contributed by atoms with van der Waals surface area (Å²) in [5.41, 5.74) is 7.13. The Morgan fingerprint density at radius 3 is 3.05 bits per heavy atom. The second-order valence-corrected chi connectivity index (χ2v) is 4.86. The quantitative estimate of drug-likeness (QED) is 0.761. The summed E-state index contributed by atoms with van der Waals surface area (Å²) >= 11 is 0. The summed E-state index contributed by atoms with van der Waals surface area (Å²) in [6.07, 6.45) is 2.09. The Morgan fingerprint density at radius 1 is 1.38 bits per heavy atom. The highest BCUT2D eigenvalue weighted by molar-refractivity contribution is 5.43. The highest BCUT2D eigenvalue weighted by atomic mass is 16.6. The van der Waals surface area contributed by atoms with E-state index in [2.05, 4.69) is 10.3 Å². The summed E-state index contributed by atoms with van der Waals surface area (Å²) in [7, 11) is 0. The average molecular weight is 290 g/mol. The van der Waals surface area contributed by atoms with E-state index in [9.17, 15) is 0 Å². The van der Waals surface area contributed by atoms with Crippen LogP contribution < -0.4 is 10.5 Å². The summed E-state index contributed by atoms with van der Waals surface area (Å²) in [6.45, 7) is 3.02. The lowest BCUT2D eigenvalue weighted by atomic mass is 10.3. The van der Waals surface area contributed by atoms with Gasteiger partial charge in [-0.1, -0.05) is 11.3 Å². The number of rotatable bonds is 7. The maximum Gasteiger partial charge on any atom is 0.134 e. The van der Waals surface area contributed by atoms with Gasteiger partial charge in [0.1, 0.15) is 24.2 Å². The van der Waals surface area contributed by atoms with Crippen molar-refractivity contribution in [1.82, 2.24) is 15.0 Å². The lowest BCUT2D eigenvalue weighted by molar-refractivity contribution is -0.131. The average Bonchev–Trinajstić information content (AvgIpc) is 2.87. The van der Waals surface area contributed by atoms with Gasteiger partial charge in [-0.3, -0.25) is 0 Å². The van der Waals surface area contributed by atoms with E-state index in [1.807, 2.05) is 24.4 Å². The molecule has 2 heterocycles. The predicted molar refractivity (Wildman–Crippen MR) is 75.8 cm³/mol. The van der Waals surface area contributed by atoms with Crippen molar-refractivity contribution >= 4 is 5.69 Å². The van der Waals surface area contributed by atoms with Crippen molar-refractivity contribution in [3.8, 4) is 5.75 Å². The van der Waals surface area contributed by atoms with E-state index in [1.165, 1.54) is 0 Å². The van der Waals surface area contributed by atoms with Crippen molar-refractivity contribution in [2.24, 2.45) is 0 Å². The standard InChI is InChI=1S/C14H18N4O3/c15-11-2-1-3-13(6-11)21-8-12-7-18(17-16-12)4-5-20-14-9-19-10-14/h1-3,6-7,14H,4-5,8-10,15H2. The molecule has 1 aliphatic rings. The van der Waals surface area contributed by atoms with E-state index in [-0.39, 0.29) is 6.10 Å². The van der Waals surface area contributed by atoms with E-state index >= 15 is 0 Å². The molecule has 3 rings (SSSR count). The molecule has 7 nitrogen and oxygen atoms in total. The van der Waals surface area contributed by atoms with Crippen LogP contribution in [0.5, 0.6) is 5.75 Å². The van der Waals surface area contributed by atoms with Crippen molar-refractivity contribution in [3.63, 3.8) is 0 Å². The van der Waals surface area contributed by atoms with Gasteiger partial charge in [0.2, 0.25) is 0 Å². The van der Waals surface area contributed by atoms with Gasteiger partial charge < -0.3 is 19.9 Å². The minimum Gasteiger partial charge on any atom is -0.487 e. The molecule has 2 N–H and O–H groups in total. The fourth-order valence-corrected chi connectivity index (χ4v) is 1.90. The van der Waals surface area contributed by atoms with Gasteiger partial charge in [-0.05, 0) is 12.1 Å². The second kappa shape index (κ2) is 6.55. The minimum absolute atomic E-state index is 0.236. The van der Waals surface area contributed by atoms with Crippen molar-refractivity contribution in [2.75, 3.05) is 25.6 Å². The van der Waals surface area contributed by atoms with Gasteiger partial charge in [-0.2, -0.15) is 0 Å². The highest BCUT2D eigenvalue weighted by Crippen LogP contribution is 2.15. The summed E-state index contributed by atoms with van der Waals surface area (Å²) < 4.78 is 18.0. The molecule has 0 bridgehead atoms. The van der Waals surface area contributed by atoms with Gasteiger partial charge in [0.15, 0.2) is 0 Å². The first kappa shape index (κ1) is 13.8. The largest absolute Gasteiger partial charge is 0.487 e. The molecular weight excluding hydrogens is 272 g/mol. The predicted octanol–water partition coefficient (Wildman–Crippen LogP) is 0.855. The van der Waals surface area contributed by atoms with Crippen LogP contribution in [0.3, 0.4) is 0 Å². The van der Waals surface area contributed by atoms with Gasteiger partial charge in [-0.15, -0.1) is 5.10 Å². The molecule has 112 valence electrons. The molecule has 1 aromatic heterocycles. The number of nitrogens with two attached hydrogens (primary N) is 1. The lowest BCUT2D eigenvalue weighted by Gasteiger charge is -2.25. The van der Waals surface area contributed by atoms with E-state index in [4.69, 9.17) is 19.9 Å². The number of nitrogen functional groups attached to an aromatic ring is 1. The van der Waals surface area contributed by atoms with Crippen LogP contribution in [0.15, 0.2) is 30.5 Å². The Balaban J connectivity index is 1.43. The van der Waals surface area contributed by atoms with Gasteiger partial charge in [-0.25, -0.2) is 4.68 Å². The van der Waals surface area contributed by atoms with Gasteiger partial charge in [0, 0.05) is 11.8 Å². The topological polar surface area (TPSA) is 84.4 Å². The summed E-state index contributed by atoms with van der Waals surface area (Å²) in [5.74, 6) is 0.720. The van der Waals surface area contributed by atoms with E-state index < -0.39 is 0 Å². The Bertz CT molecular complexity index is 583. The van der Waals surface area contributed by atoms with Gasteiger partial charge in [0.25, 0.3) is 0 Å². The zero-order valence-electron chi connectivity index (χ0n) is 11.6. The fraction of sp³-hybridized carbons (Fsp3) is 0.429. The number of benzene rings is 1. The molecule has 7 heteroatoms. The van der Waals surface area contributed by atoms with E-state index in [0.29, 0.717) is 38.7 Å². The number of ether oxygens (including phenoxy) is 3. The first-order valence-electron chi connectivity index (χ1n) is 6.86. The zero-order valence-corrected chi connectivity index (χ0v) is 11.6. The number of hydrogen-bond acceptors (Lipinski definition) is 6. The summed E-state index contributed by atoms with van der Waals surface area (Å²) in [5, 5.41) is 8.10. The molecule has 0 unspecified atom stereocenters. The maximum atomic E-state index is 5.69. The molecule has 0 radical (unpaired) electrons. The zero-order chi connectivity index (χ0) is 14.5. The van der Waals surface area contributed by atoms with Crippen LogP contribution >= 0.6 is 0 Å². The molecule has 0 saturated carbocycles. The maximum absolute atomic E-state index is 5.69. The van der Waals surface area contributed by atoms with Crippen LogP contribution in [0.2, 0.25) is 0 Å². The van der Waals surface area contributed by atoms with Crippen LogP contribution in [-0.2, 0) is 22.6 Å². The third kappa shape index (κ3) is 3.93. The Labute approximate surface area is 122 Å². The SMILES string of the molecule is Nc1cccc(OCc2cn(CCOC3COC3)nn2)c1. The third-order valence-electron chi connectivity index (χ3n) is 3.11. The van der Waals surface area contributed by atoms with Crippen LogP contribution in [0.4, 0.5) is 5.69 Å². The van der Waals surface area contributed by atoms with Gasteiger partial charge in [0.05, 0.1) is 32.6 Å². The number of anilines is 1. The molecule has 0 aliphatic carbocycles. The molecule has 1 saturated heterocycles. The van der Waals surface area contributed by atoms with Crippen LogP contribution in [0.1, 0.15) is 5.69 Å². The van der Waals surface area contributed by atoms with Crippen molar-refractivity contribution in [1.29, 1.82) is 0 Å². The van der Waals surface area contributed by atoms with E-state index in [1.54, 1.807) is 10.7 Å². The highest BCUT2D eigenvalue weighted by Gasteiger charge is 2.18. The number of aromatic nitrogens is 3. The molecule has 1 aliphatic heterocycles. The lowest BCUT2D eigenvalue weighted by Crippen LogP contribution is -2.36. The van der Waals surface area contributed by atoms with Crippen molar-refractivity contribution in [3.05, 3.63) is 36.2 Å². The molecule has 1 aromatic carbocycles. The Kier molecular flexibility index (Phi) is 4.32. The molecule has 1 fully saturated rings. The summed E-state index contributed by atoms with van der Waals surface area (Å²) in [6, 6.07) is 7.30. The molecule has 0 spiro atoms. The minimum atomic E-state index is 0.236. The summed E-state index contributed by atoms with van der Waals surface area (Å²) in [4.78, 5) is 0.